The predicted octanol–water partition coefficient (Wildman–Crippen LogP) is 0.176. The molecule has 1 heterocycles. The van der Waals surface area contributed by atoms with Crippen molar-refractivity contribution >= 4 is 40.4 Å². The molecule has 1 aliphatic heterocycles. The first-order chi connectivity index (χ1) is 8.56. The molecule has 0 N–H and O–H groups in total. The molecule has 1 aromatic carbocycles. The molecule has 94 valence electrons. The summed E-state index contributed by atoms with van der Waals surface area (Å²) < 4.78 is 11.0. The maximum absolute atomic E-state index is 11.6. The predicted molar refractivity (Wildman–Crippen MR) is 69.2 cm³/mol. The van der Waals surface area contributed by atoms with Gasteiger partial charge in [-0.2, -0.15) is 0 Å². The van der Waals surface area contributed by atoms with E-state index < -0.39 is 19.1 Å². The number of carbonyl (C=O) groups excluding carboxylic acids is 2. The van der Waals surface area contributed by atoms with Crippen LogP contribution in [0.5, 0.6) is 0 Å². The first-order valence-corrected chi connectivity index (χ1v) is 6.17. The Bertz CT molecular complexity index is 462. The van der Waals surface area contributed by atoms with Crippen LogP contribution in [0.1, 0.15) is 0 Å². The van der Waals surface area contributed by atoms with Crippen molar-refractivity contribution in [1.82, 2.24) is 4.90 Å². The van der Waals surface area contributed by atoms with Gasteiger partial charge in [-0.25, -0.2) is 0 Å². The normalized spacial score (nSPS) is 17.8. The van der Waals surface area contributed by atoms with Crippen LogP contribution in [0.15, 0.2) is 28.7 Å². The van der Waals surface area contributed by atoms with Gasteiger partial charge in [0.25, 0.3) is 0 Å². The third-order valence-electron chi connectivity index (χ3n) is 2.43. The van der Waals surface area contributed by atoms with Crippen LogP contribution in [0.2, 0.25) is 0 Å². The van der Waals surface area contributed by atoms with Crippen molar-refractivity contribution in [3.05, 3.63) is 28.7 Å². The van der Waals surface area contributed by atoms with Gasteiger partial charge in [-0.3, -0.25) is 14.5 Å². The Balaban J connectivity index is 2.24. The van der Waals surface area contributed by atoms with Crippen LogP contribution >= 0.6 is 15.9 Å². The number of likely N-dealkylation sites (N-methyl/N-ethyl adjacent to an activating group) is 1. The molecule has 0 radical (unpaired) electrons. The fraction of sp³-hybridized carbons (Fsp3) is 0.273. The SMILES string of the molecule is CN1CC(=O)OB(c2ccccc2Br)OC(=O)C1. The van der Waals surface area contributed by atoms with Crippen molar-refractivity contribution in [2.75, 3.05) is 20.1 Å². The molecule has 0 saturated carbocycles. The van der Waals surface area contributed by atoms with Gasteiger partial charge in [-0.1, -0.05) is 34.1 Å². The van der Waals surface area contributed by atoms with E-state index in [-0.39, 0.29) is 13.1 Å². The highest BCUT2D eigenvalue weighted by atomic mass is 79.9. The van der Waals surface area contributed by atoms with E-state index in [2.05, 4.69) is 15.9 Å². The molecule has 1 fully saturated rings. The fourth-order valence-electron chi connectivity index (χ4n) is 1.63. The van der Waals surface area contributed by atoms with Crippen LogP contribution in [0.4, 0.5) is 0 Å². The largest absolute Gasteiger partial charge is 0.637 e. The molecule has 18 heavy (non-hydrogen) atoms. The number of hydrogen-bond acceptors (Lipinski definition) is 5. The lowest BCUT2D eigenvalue weighted by molar-refractivity contribution is -0.145. The Kier molecular flexibility index (Phi) is 4.03. The Morgan fingerprint density at radius 1 is 1.17 bits per heavy atom. The topological polar surface area (TPSA) is 55.8 Å². The molecule has 0 spiro atoms. The number of benzene rings is 1. The summed E-state index contributed by atoms with van der Waals surface area (Å²) in [4.78, 5) is 24.7. The highest BCUT2D eigenvalue weighted by Crippen LogP contribution is 2.09. The van der Waals surface area contributed by atoms with Crippen LogP contribution in [-0.2, 0) is 18.9 Å². The number of rotatable bonds is 1. The van der Waals surface area contributed by atoms with Crippen molar-refractivity contribution in [3.63, 3.8) is 0 Å². The number of halogens is 1. The summed E-state index contributed by atoms with van der Waals surface area (Å²) >= 11 is 3.34. The molecular weight excluding hydrogens is 301 g/mol. The standard InChI is InChI=1S/C11H11BBrNO4/c1-14-6-10(15)17-12(18-11(16)7-14)8-4-2-3-5-9(8)13/h2-5H,6-7H2,1H3. The van der Waals surface area contributed by atoms with E-state index in [1.807, 2.05) is 6.07 Å². The number of nitrogens with zero attached hydrogens (tertiary/aromatic N) is 1. The van der Waals surface area contributed by atoms with Crippen molar-refractivity contribution in [2.45, 2.75) is 0 Å². The van der Waals surface area contributed by atoms with Gasteiger partial charge in [-0.15, -0.1) is 0 Å². The molecule has 0 unspecified atom stereocenters. The quantitative estimate of drug-likeness (QED) is 0.692. The first kappa shape index (κ1) is 13.1. The van der Waals surface area contributed by atoms with Gasteiger partial charge in [0.2, 0.25) is 0 Å². The van der Waals surface area contributed by atoms with E-state index >= 15 is 0 Å². The van der Waals surface area contributed by atoms with Gasteiger partial charge in [0.15, 0.2) is 0 Å². The molecule has 0 bridgehead atoms. The van der Waals surface area contributed by atoms with E-state index in [1.54, 1.807) is 30.1 Å². The van der Waals surface area contributed by atoms with Crippen LogP contribution in [0.3, 0.4) is 0 Å². The van der Waals surface area contributed by atoms with E-state index in [0.717, 1.165) is 4.47 Å². The van der Waals surface area contributed by atoms with Gasteiger partial charge < -0.3 is 9.31 Å². The minimum Gasteiger partial charge on any atom is -0.494 e. The Morgan fingerprint density at radius 3 is 2.28 bits per heavy atom. The van der Waals surface area contributed by atoms with Crippen LogP contribution in [0, 0.1) is 0 Å². The van der Waals surface area contributed by atoms with Gasteiger partial charge in [0, 0.05) is 9.94 Å². The van der Waals surface area contributed by atoms with E-state index in [1.165, 1.54) is 0 Å². The summed E-state index contributed by atoms with van der Waals surface area (Å²) in [5.74, 6) is -0.850. The Labute approximate surface area is 113 Å². The van der Waals surface area contributed by atoms with E-state index in [4.69, 9.17) is 9.31 Å². The second-order valence-corrected chi connectivity index (χ2v) is 4.86. The zero-order valence-corrected chi connectivity index (χ0v) is 11.3. The zero-order chi connectivity index (χ0) is 13.1. The van der Waals surface area contributed by atoms with Crippen LogP contribution in [0.25, 0.3) is 0 Å². The van der Waals surface area contributed by atoms with Gasteiger partial charge in [0.05, 0.1) is 13.1 Å². The second kappa shape index (κ2) is 5.54. The molecule has 1 aromatic rings. The van der Waals surface area contributed by atoms with Crippen molar-refractivity contribution in [2.24, 2.45) is 0 Å². The summed E-state index contributed by atoms with van der Waals surface area (Å²) in [5.41, 5.74) is 0.615. The molecule has 0 atom stereocenters. The molecule has 1 aliphatic rings. The van der Waals surface area contributed by atoms with E-state index in [9.17, 15) is 9.59 Å². The summed E-state index contributed by atoms with van der Waals surface area (Å²) in [6.07, 6.45) is 0. The summed E-state index contributed by atoms with van der Waals surface area (Å²) in [7, 11) is 0.663. The minimum atomic E-state index is -0.991. The van der Waals surface area contributed by atoms with Crippen LogP contribution in [-0.4, -0.2) is 44.1 Å². The molecule has 5 nitrogen and oxygen atoms in total. The fourth-order valence-corrected chi connectivity index (χ4v) is 2.10. The monoisotopic (exact) mass is 311 g/mol. The van der Waals surface area contributed by atoms with E-state index in [0.29, 0.717) is 5.46 Å². The van der Waals surface area contributed by atoms with Crippen molar-refractivity contribution in [3.8, 4) is 0 Å². The highest BCUT2D eigenvalue weighted by Gasteiger charge is 2.34. The van der Waals surface area contributed by atoms with Crippen LogP contribution < -0.4 is 5.46 Å². The van der Waals surface area contributed by atoms with Gasteiger partial charge >= 0.3 is 19.1 Å². The minimum absolute atomic E-state index is 0.0655. The molecule has 2 rings (SSSR count). The third-order valence-corrected chi connectivity index (χ3v) is 3.16. The molecule has 0 amide bonds. The lowest BCUT2D eigenvalue weighted by atomic mass is 9.78. The molecular formula is C11H11BBrNO4. The smallest absolute Gasteiger partial charge is 0.494 e. The first-order valence-electron chi connectivity index (χ1n) is 5.38. The number of carbonyl (C=O) groups is 2. The lowest BCUT2D eigenvalue weighted by Gasteiger charge is -2.22. The molecule has 7 heteroatoms. The summed E-state index contributed by atoms with van der Waals surface area (Å²) in [5, 5.41) is 0. The Morgan fingerprint density at radius 2 is 1.72 bits per heavy atom. The summed E-state index contributed by atoms with van der Waals surface area (Å²) in [6.45, 7) is 0.131. The molecule has 0 aromatic heterocycles. The average Bonchev–Trinajstić information content (AvgIpc) is 2.26. The maximum atomic E-state index is 11.6. The molecule has 0 aliphatic carbocycles. The highest BCUT2D eigenvalue weighted by molar-refractivity contribution is 9.10. The molecule has 1 saturated heterocycles. The van der Waals surface area contributed by atoms with Gasteiger partial charge in [-0.05, 0) is 13.1 Å². The second-order valence-electron chi connectivity index (χ2n) is 4.01. The van der Waals surface area contributed by atoms with Gasteiger partial charge in [0.1, 0.15) is 0 Å². The van der Waals surface area contributed by atoms with Crippen molar-refractivity contribution < 1.29 is 18.9 Å². The zero-order valence-electron chi connectivity index (χ0n) is 9.76. The lowest BCUT2D eigenvalue weighted by Crippen LogP contribution is -2.48. The maximum Gasteiger partial charge on any atom is 0.637 e. The summed E-state index contributed by atoms with van der Waals surface area (Å²) in [6, 6.07) is 7.14. The average molecular weight is 312 g/mol. The Hall–Kier alpha value is -1.34. The van der Waals surface area contributed by atoms with Crippen molar-refractivity contribution in [1.29, 1.82) is 0 Å². The number of hydrogen-bond donors (Lipinski definition) is 0. The third kappa shape index (κ3) is 3.11.